The van der Waals surface area contributed by atoms with Crippen LogP contribution in [0.4, 0.5) is 6.01 Å². The minimum Gasteiger partial charge on any atom is -0.423 e. The summed E-state index contributed by atoms with van der Waals surface area (Å²) in [6.45, 7) is 1.74. The van der Waals surface area contributed by atoms with Crippen LogP contribution in [0.25, 0.3) is 11.1 Å². The molecule has 1 saturated carbocycles. The molecular formula is C16H16N4O. The molecule has 0 atom stereocenters. The van der Waals surface area contributed by atoms with Crippen LogP contribution in [0, 0.1) is 0 Å². The van der Waals surface area contributed by atoms with Crippen LogP contribution in [-0.4, -0.2) is 21.1 Å². The average Bonchev–Trinajstić information content (AvgIpc) is 3.13. The minimum absolute atomic E-state index is 0.706. The quantitative estimate of drug-likeness (QED) is 0.724. The molecular weight excluding hydrogens is 264 g/mol. The lowest BCUT2D eigenvalue weighted by molar-refractivity contribution is 0.544. The lowest BCUT2D eigenvalue weighted by atomic mass is 10.1. The summed E-state index contributed by atoms with van der Waals surface area (Å²) < 4.78 is 8.24. The van der Waals surface area contributed by atoms with E-state index in [2.05, 4.69) is 19.4 Å². The van der Waals surface area contributed by atoms with Gasteiger partial charge >= 0.3 is 0 Å². The van der Waals surface area contributed by atoms with Gasteiger partial charge in [-0.15, -0.1) is 0 Å². The van der Waals surface area contributed by atoms with Crippen molar-refractivity contribution in [2.45, 2.75) is 31.8 Å². The third-order valence-electron chi connectivity index (χ3n) is 4.44. The smallest absolute Gasteiger partial charge is 0.298 e. The van der Waals surface area contributed by atoms with Crippen LogP contribution in [0.15, 0.2) is 35.0 Å². The second kappa shape index (κ2) is 4.10. The molecule has 5 rings (SSSR count). The molecule has 0 spiro atoms. The third-order valence-corrected chi connectivity index (χ3v) is 4.44. The number of benzene rings is 1. The molecule has 21 heavy (non-hydrogen) atoms. The first-order valence-electron chi connectivity index (χ1n) is 7.53. The predicted octanol–water partition coefficient (Wildman–Crippen LogP) is 2.92. The van der Waals surface area contributed by atoms with Crippen molar-refractivity contribution in [3.05, 3.63) is 42.0 Å². The number of anilines is 1. The molecule has 5 heteroatoms. The van der Waals surface area contributed by atoms with E-state index in [1.165, 1.54) is 24.2 Å². The maximum absolute atomic E-state index is 5.87. The molecule has 1 aliphatic carbocycles. The molecule has 1 fully saturated rings. The van der Waals surface area contributed by atoms with Gasteiger partial charge in [0.1, 0.15) is 5.52 Å². The Morgan fingerprint density at radius 3 is 2.95 bits per heavy atom. The number of rotatable bonds is 2. The molecule has 0 bridgehead atoms. The lowest BCUT2D eigenvalue weighted by Gasteiger charge is -2.25. The number of hydrogen-bond donors (Lipinski definition) is 0. The summed E-state index contributed by atoms with van der Waals surface area (Å²) in [5.74, 6) is 0. The summed E-state index contributed by atoms with van der Waals surface area (Å²) >= 11 is 0. The summed E-state index contributed by atoms with van der Waals surface area (Å²) in [7, 11) is 0. The molecule has 5 nitrogen and oxygen atoms in total. The van der Waals surface area contributed by atoms with Crippen molar-refractivity contribution in [3.63, 3.8) is 0 Å². The summed E-state index contributed by atoms with van der Waals surface area (Å²) in [5, 5.41) is 0. The van der Waals surface area contributed by atoms with Crippen LogP contribution in [0.2, 0.25) is 0 Å². The molecule has 0 radical (unpaired) electrons. The Hall–Kier alpha value is -2.30. The second-order valence-corrected chi connectivity index (χ2v) is 5.91. The van der Waals surface area contributed by atoms with Crippen molar-refractivity contribution in [1.82, 2.24) is 14.5 Å². The van der Waals surface area contributed by atoms with E-state index in [0.717, 1.165) is 30.6 Å². The van der Waals surface area contributed by atoms with E-state index in [-0.39, 0.29) is 0 Å². The SMILES string of the molecule is c1ccc2oc(N3CCc4c(ncn4C4CC4)C3)nc2c1. The van der Waals surface area contributed by atoms with E-state index in [1.807, 2.05) is 30.6 Å². The molecule has 2 aromatic heterocycles. The Labute approximate surface area is 122 Å². The van der Waals surface area contributed by atoms with Crippen molar-refractivity contribution in [1.29, 1.82) is 0 Å². The number of imidazole rings is 1. The summed E-state index contributed by atoms with van der Waals surface area (Å²) in [5.41, 5.74) is 4.35. The number of hydrogen-bond acceptors (Lipinski definition) is 4. The largest absolute Gasteiger partial charge is 0.423 e. The molecule has 3 aromatic rings. The van der Waals surface area contributed by atoms with E-state index in [9.17, 15) is 0 Å². The second-order valence-electron chi connectivity index (χ2n) is 5.91. The molecule has 3 heterocycles. The first kappa shape index (κ1) is 11.4. The molecule has 1 aliphatic heterocycles. The highest BCUT2D eigenvalue weighted by atomic mass is 16.4. The van der Waals surface area contributed by atoms with Gasteiger partial charge in [0.05, 0.1) is 18.6 Å². The number of nitrogens with zero attached hydrogens (tertiary/aromatic N) is 4. The Balaban J connectivity index is 1.48. The first-order valence-corrected chi connectivity index (χ1v) is 7.53. The van der Waals surface area contributed by atoms with Crippen LogP contribution < -0.4 is 4.90 Å². The number of oxazole rings is 1. The van der Waals surface area contributed by atoms with Gasteiger partial charge < -0.3 is 13.9 Å². The number of fused-ring (bicyclic) bond motifs is 2. The fourth-order valence-electron chi connectivity index (χ4n) is 3.16. The zero-order valence-corrected chi connectivity index (χ0v) is 11.7. The van der Waals surface area contributed by atoms with Gasteiger partial charge in [-0.2, -0.15) is 4.98 Å². The molecule has 1 aromatic carbocycles. The Kier molecular flexibility index (Phi) is 2.22. The molecule has 106 valence electrons. The van der Waals surface area contributed by atoms with Crippen molar-refractivity contribution in [3.8, 4) is 0 Å². The van der Waals surface area contributed by atoms with Gasteiger partial charge in [-0.3, -0.25) is 0 Å². The van der Waals surface area contributed by atoms with Gasteiger partial charge in [-0.25, -0.2) is 4.98 Å². The van der Waals surface area contributed by atoms with E-state index in [4.69, 9.17) is 4.42 Å². The van der Waals surface area contributed by atoms with Gasteiger partial charge in [-0.1, -0.05) is 12.1 Å². The van der Waals surface area contributed by atoms with E-state index < -0.39 is 0 Å². The Bertz CT molecular complexity index is 782. The van der Waals surface area contributed by atoms with Crippen molar-refractivity contribution >= 4 is 17.1 Å². The first-order chi connectivity index (χ1) is 10.4. The van der Waals surface area contributed by atoms with Crippen molar-refractivity contribution in [2.24, 2.45) is 0 Å². The topological polar surface area (TPSA) is 47.1 Å². The van der Waals surface area contributed by atoms with Crippen LogP contribution in [0.3, 0.4) is 0 Å². The highest BCUT2D eigenvalue weighted by Crippen LogP contribution is 2.37. The van der Waals surface area contributed by atoms with Crippen LogP contribution >= 0.6 is 0 Å². The fraction of sp³-hybridized carbons (Fsp3) is 0.375. The molecule has 0 saturated heterocycles. The predicted molar refractivity (Wildman–Crippen MR) is 79.3 cm³/mol. The van der Waals surface area contributed by atoms with Gasteiger partial charge in [-0.05, 0) is 25.0 Å². The van der Waals surface area contributed by atoms with E-state index >= 15 is 0 Å². The van der Waals surface area contributed by atoms with Crippen LogP contribution in [0.1, 0.15) is 30.3 Å². The van der Waals surface area contributed by atoms with Gasteiger partial charge in [0.25, 0.3) is 6.01 Å². The van der Waals surface area contributed by atoms with E-state index in [1.54, 1.807) is 0 Å². The van der Waals surface area contributed by atoms with Gasteiger partial charge in [0.2, 0.25) is 0 Å². The van der Waals surface area contributed by atoms with E-state index in [0.29, 0.717) is 12.1 Å². The normalized spacial score (nSPS) is 18.2. The van der Waals surface area contributed by atoms with Crippen molar-refractivity contribution in [2.75, 3.05) is 11.4 Å². The summed E-state index contributed by atoms with van der Waals surface area (Å²) in [6, 6.07) is 9.33. The maximum atomic E-state index is 5.87. The van der Waals surface area contributed by atoms with Crippen molar-refractivity contribution < 1.29 is 4.42 Å². The monoisotopic (exact) mass is 280 g/mol. The van der Waals surface area contributed by atoms with Gasteiger partial charge in [0, 0.05) is 24.7 Å². The number of para-hydroxylation sites is 2. The zero-order valence-electron chi connectivity index (χ0n) is 11.7. The average molecular weight is 280 g/mol. The molecule has 2 aliphatic rings. The van der Waals surface area contributed by atoms with Gasteiger partial charge in [0.15, 0.2) is 5.58 Å². The fourth-order valence-corrected chi connectivity index (χ4v) is 3.16. The Morgan fingerprint density at radius 1 is 1.19 bits per heavy atom. The maximum Gasteiger partial charge on any atom is 0.298 e. The minimum atomic E-state index is 0.706. The zero-order chi connectivity index (χ0) is 13.8. The Morgan fingerprint density at radius 2 is 2.10 bits per heavy atom. The lowest BCUT2D eigenvalue weighted by Crippen LogP contribution is -2.31. The summed E-state index contributed by atoms with van der Waals surface area (Å²) in [6.07, 6.45) is 5.64. The number of aromatic nitrogens is 3. The third kappa shape index (κ3) is 1.77. The molecule has 0 amide bonds. The molecule has 0 unspecified atom stereocenters. The van der Waals surface area contributed by atoms with Crippen LogP contribution in [-0.2, 0) is 13.0 Å². The standard InChI is InChI=1S/C16H16N4O/c1-2-4-15-12(3-1)18-16(21-15)19-8-7-14-13(9-19)17-10-20(14)11-5-6-11/h1-4,10-11H,5-9H2. The summed E-state index contributed by atoms with van der Waals surface area (Å²) in [4.78, 5) is 11.4. The van der Waals surface area contributed by atoms with Crippen LogP contribution in [0.5, 0.6) is 0 Å². The molecule has 0 N–H and O–H groups in total. The highest BCUT2D eigenvalue weighted by Gasteiger charge is 2.30. The highest BCUT2D eigenvalue weighted by molar-refractivity contribution is 5.74.